The Balaban J connectivity index is 1.29. The van der Waals surface area contributed by atoms with Gasteiger partial charge in [-0.1, -0.05) is 18.2 Å². The van der Waals surface area contributed by atoms with E-state index in [0.29, 0.717) is 25.3 Å². The lowest BCUT2D eigenvalue weighted by molar-refractivity contribution is -0.129. The monoisotopic (exact) mass is 369 g/mol. The first-order valence-corrected chi connectivity index (χ1v) is 9.92. The molecule has 3 N–H and O–H groups in total. The maximum atomic E-state index is 12.5. The summed E-state index contributed by atoms with van der Waals surface area (Å²) in [4.78, 5) is 24.8. The highest BCUT2D eigenvalue weighted by atomic mass is 16.3. The van der Waals surface area contributed by atoms with Gasteiger partial charge in [-0.15, -0.1) is 0 Å². The van der Waals surface area contributed by atoms with Crippen molar-refractivity contribution < 1.29 is 14.7 Å². The molecule has 6 nitrogen and oxygen atoms in total. The lowest BCUT2D eigenvalue weighted by Gasteiger charge is -2.35. The first-order valence-electron chi connectivity index (χ1n) is 9.92. The SMILES string of the molecule is O=C(Cn1ccc2ccccc21)N[C@H]1CC[C@H](C(=O)NC2CCC2)C[C@@H]1O. The fourth-order valence-electron chi connectivity index (χ4n) is 4.11. The van der Waals surface area contributed by atoms with E-state index in [9.17, 15) is 14.7 Å². The summed E-state index contributed by atoms with van der Waals surface area (Å²) in [6.45, 7) is 0.225. The third-order valence-electron chi connectivity index (χ3n) is 5.98. The van der Waals surface area contributed by atoms with Crippen molar-refractivity contribution in [3.8, 4) is 0 Å². The maximum Gasteiger partial charge on any atom is 0.240 e. The molecule has 4 rings (SSSR count). The molecule has 2 aromatic rings. The highest BCUT2D eigenvalue weighted by Crippen LogP contribution is 2.27. The summed E-state index contributed by atoms with van der Waals surface area (Å²) in [5.74, 6) is -0.206. The first kappa shape index (κ1) is 18.0. The summed E-state index contributed by atoms with van der Waals surface area (Å²) in [6.07, 6.45) is 6.28. The Morgan fingerprint density at radius 3 is 2.63 bits per heavy atom. The van der Waals surface area contributed by atoms with E-state index in [1.807, 2.05) is 41.1 Å². The number of amides is 2. The van der Waals surface area contributed by atoms with Crippen LogP contribution in [0.1, 0.15) is 38.5 Å². The van der Waals surface area contributed by atoms with Gasteiger partial charge < -0.3 is 20.3 Å². The Bertz CT molecular complexity index is 827. The number of nitrogens with zero attached hydrogens (tertiary/aromatic N) is 1. The predicted octanol–water partition coefficient (Wildman–Crippen LogP) is 1.96. The van der Waals surface area contributed by atoms with Gasteiger partial charge in [0, 0.05) is 23.7 Å². The molecule has 144 valence electrons. The summed E-state index contributed by atoms with van der Waals surface area (Å²) in [6, 6.07) is 9.96. The van der Waals surface area contributed by atoms with Crippen molar-refractivity contribution >= 4 is 22.7 Å². The fourth-order valence-corrected chi connectivity index (χ4v) is 4.11. The van der Waals surface area contributed by atoms with Crippen LogP contribution in [0, 0.1) is 5.92 Å². The third kappa shape index (κ3) is 4.00. The van der Waals surface area contributed by atoms with E-state index in [1.54, 1.807) is 0 Å². The lowest BCUT2D eigenvalue weighted by atomic mass is 9.82. The summed E-state index contributed by atoms with van der Waals surface area (Å²) in [5.41, 5.74) is 1.02. The second-order valence-corrected chi connectivity index (χ2v) is 7.89. The van der Waals surface area contributed by atoms with E-state index in [4.69, 9.17) is 0 Å². The number of fused-ring (bicyclic) bond motifs is 1. The number of hydrogen-bond acceptors (Lipinski definition) is 3. The molecule has 0 aliphatic heterocycles. The fraction of sp³-hybridized carbons (Fsp3) is 0.524. The average molecular weight is 369 g/mol. The molecule has 0 spiro atoms. The molecule has 3 atom stereocenters. The van der Waals surface area contributed by atoms with E-state index in [1.165, 1.54) is 6.42 Å². The molecular formula is C21H27N3O3. The van der Waals surface area contributed by atoms with Crippen LogP contribution in [-0.2, 0) is 16.1 Å². The molecule has 2 aliphatic rings. The zero-order chi connectivity index (χ0) is 18.8. The van der Waals surface area contributed by atoms with Gasteiger partial charge in [-0.3, -0.25) is 9.59 Å². The van der Waals surface area contributed by atoms with Crippen molar-refractivity contribution in [1.82, 2.24) is 15.2 Å². The molecule has 1 aromatic carbocycles. The van der Waals surface area contributed by atoms with Crippen molar-refractivity contribution in [3.05, 3.63) is 36.5 Å². The highest BCUT2D eigenvalue weighted by Gasteiger charge is 2.34. The number of aromatic nitrogens is 1. The zero-order valence-electron chi connectivity index (χ0n) is 15.4. The van der Waals surface area contributed by atoms with Crippen molar-refractivity contribution in [2.75, 3.05) is 0 Å². The number of benzene rings is 1. The van der Waals surface area contributed by atoms with Crippen LogP contribution in [0.2, 0.25) is 0 Å². The van der Waals surface area contributed by atoms with Crippen molar-refractivity contribution in [3.63, 3.8) is 0 Å². The van der Waals surface area contributed by atoms with Gasteiger partial charge >= 0.3 is 0 Å². The molecule has 2 aliphatic carbocycles. The minimum atomic E-state index is -0.679. The van der Waals surface area contributed by atoms with Gasteiger partial charge in [-0.2, -0.15) is 0 Å². The lowest BCUT2D eigenvalue weighted by Crippen LogP contribution is -2.51. The summed E-state index contributed by atoms with van der Waals surface area (Å²) in [5, 5.41) is 17.6. The molecule has 0 saturated heterocycles. The Hall–Kier alpha value is -2.34. The second kappa shape index (κ2) is 7.72. The Morgan fingerprint density at radius 2 is 1.89 bits per heavy atom. The third-order valence-corrected chi connectivity index (χ3v) is 5.98. The number of nitrogens with one attached hydrogen (secondary N) is 2. The molecule has 2 saturated carbocycles. The van der Waals surface area contributed by atoms with Crippen LogP contribution < -0.4 is 10.6 Å². The number of aliphatic hydroxyl groups excluding tert-OH is 1. The van der Waals surface area contributed by atoms with Gasteiger partial charge in [0.2, 0.25) is 11.8 Å². The molecule has 0 bridgehead atoms. The molecule has 27 heavy (non-hydrogen) atoms. The van der Waals surface area contributed by atoms with E-state index in [-0.39, 0.29) is 30.3 Å². The molecule has 2 amide bonds. The molecule has 2 fully saturated rings. The Kier molecular flexibility index (Phi) is 5.16. The van der Waals surface area contributed by atoms with Crippen LogP contribution in [0.15, 0.2) is 36.5 Å². The van der Waals surface area contributed by atoms with Gasteiger partial charge in [-0.25, -0.2) is 0 Å². The topological polar surface area (TPSA) is 83.4 Å². The number of para-hydroxylation sites is 1. The van der Waals surface area contributed by atoms with Gasteiger partial charge in [0.05, 0.1) is 12.1 Å². The van der Waals surface area contributed by atoms with Crippen LogP contribution in [0.3, 0.4) is 0 Å². The number of aliphatic hydroxyl groups is 1. The van der Waals surface area contributed by atoms with Crippen LogP contribution in [0.25, 0.3) is 10.9 Å². The number of carbonyl (C=O) groups excluding carboxylic acids is 2. The molecule has 1 heterocycles. The average Bonchev–Trinajstić information content (AvgIpc) is 3.02. The molecule has 6 heteroatoms. The van der Waals surface area contributed by atoms with Crippen molar-refractivity contribution in [2.45, 2.75) is 63.3 Å². The second-order valence-electron chi connectivity index (χ2n) is 7.89. The van der Waals surface area contributed by atoms with Crippen LogP contribution >= 0.6 is 0 Å². The number of carbonyl (C=O) groups is 2. The van der Waals surface area contributed by atoms with E-state index in [2.05, 4.69) is 10.6 Å². The molecular weight excluding hydrogens is 342 g/mol. The van der Waals surface area contributed by atoms with Crippen molar-refractivity contribution in [1.29, 1.82) is 0 Å². The minimum Gasteiger partial charge on any atom is -0.391 e. The Labute approximate surface area is 158 Å². The predicted molar refractivity (Wildman–Crippen MR) is 103 cm³/mol. The van der Waals surface area contributed by atoms with Crippen LogP contribution in [0.4, 0.5) is 0 Å². The Morgan fingerprint density at radius 1 is 1.07 bits per heavy atom. The van der Waals surface area contributed by atoms with Gasteiger partial charge in [0.15, 0.2) is 0 Å². The normalized spacial score (nSPS) is 25.7. The highest BCUT2D eigenvalue weighted by molar-refractivity contribution is 5.83. The summed E-state index contributed by atoms with van der Waals surface area (Å²) >= 11 is 0. The van der Waals surface area contributed by atoms with E-state index >= 15 is 0 Å². The summed E-state index contributed by atoms with van der Waals surface area (Å²) < 4.78 is 1.91. The number of rotatable bonds is 5. The van der Waals surface area contributed by atoms with E-state index < -0.39 is 6.10 Å². The smallest absolute Gasteiger partial charge is 0.240 e. The standard InChI is InChI=1S/C21H27N3O3/c25-19-12-15(21(27)22-16-5-3-6-16)8-9-17(19)23-20(26)13-24-11-10-14-4-1-2-7-18(14)24/h1-2,4,7,10-11,15-17,19,25H,3,5-6,8-9,12-13H2,(H,22,27)(H,23,26)/t15-,17-,19-/m0/s1. The molecule has 0 radical (unpaired) electrons. The van der Waals surface area contributed by atoms with Crippen LogP contribution in [-0.4, -0.2) is 39.7 Å². The molecule has 0 unspecified atom stereocenters. The van der Waals surface area contributed by atoms with Crippen LogP contribution in [0.5, 0.6) is 0 Å². The maximum absolute atomic E-state index is 12.5. The van der Waals surface area contributed by atoms with Gasteiger partial charge in [0.1, 0.15) is 6.54 Å². The van der Waals surface area contributed by atoms with Crippen molar-refractivity contribution in [2.24, 2.45) is 5.92 Å². The quantitative estimate of drug-likeness (QED) is 0.753. The minimum absolute atomic E-state index is 0.0577. The summed E-state index contributed by atoms with van der Waals surface area (Å²) in [7, 11) is 0. The number of hydrogen-bond donors (Lipinski definition) is 3. The zero-order valence-corrected chi connectivity index (χ0v) is 15.4. The largest absolute Gasteiger partial charge is 0.391 e. The van der Waals surface area contributed by atoms with Gasteiger partial charge in [-0.05, 0) is 56.0 Å². The van der Waals surface area contributed by atoms with Gasteiger partial charge in [0.25, 0.3) is 0 Å². The molecule has 1 aromatic heterocycles. The van der Waals surface area contributed by atoms with E-state index in [0.717, 1.165) is 23.7 Å². The first-order chi connectivity index (χ1) is 13.1.